The van der Waals surface area contributed by atoms with Gasteiger partial charge in [-0.15, -0.1) is 0 Å². The summed E-state index contributed by atoms with van der Waals surface area (Å²) < 4.78 is 5.41. The van der Waals surface area contributed by atoms with Crippen molar-refractivity contribution < 1.29 is 19.1 Å². The van der Waals surface area contributed by atoms with Gasteiger partial charge < -0.3 is 20.3 Å². The number of carbonyl (C=O) groups is 3. The first-order valence-electron chi connectivity index (χ1n) is 13.4. The summed E-state index contributed by atoms with van der Waals surface area (Å²) in [6.07, 6.45) is -0.143. The molecular formula is C31H45N3O4S. The number of benzene rings is 2. The van der Waals surface area contributed by atoms with Crippen LogP contribution in [-0.2, 0) is 14.3 Å². The summed E-state index contributed by atoms with van der Waals surface area (Å²) >= 11 is 4.40. The van der Waals surface area contributed by atoms with Crippen LogP contribution in [0.1, 0.15) is 81.8 Å². The first kappa shape index (κ1) is 32.2. The second-order valence-corrected chi connectivity index (χ2v) is 12.1. The highest BCUT2D eigenvalue weighted by molar-refractivity contribution is 7.80. The summed E-state index contributed by atoms with van der Waals surface area (Å²) in [5.74, 6) is -0.700. The molecule has 8 heteroatoms. The van der Waals surface area contributed by atoms with E-state index in [-0.39, 0.29) is 11.7 Å². The zero-order chi connectivity index (χ0) is 29.7. The van der Waals surface area contributed by atoms with E-state index in [2.05, 4.69) is 23.3 Å². The lowest BCUT2D eigenvalue weighted by Gasteiger charge is -2.45. The molecule has 0 bridgehead atoms. The first-order chi connectivity index (χ1) is 18.0. The number of ether oxygens (including phenoxy) is 1. The van der Waals surface area contributed by atoms with Gasteiger partial charge in [0.25, 0.3) is 5.91 Å². The van der Waals surface area contributed by atoms with E-state index in [0.717, 1.165) is 33.5 Å². The maximum absolute atomic E-state index is 14.3. The van der Waals surface area contributed by atoms with Gasteiger partial charge in [-0.05, 0) is 96.6 Å². The molecule has 0 saturated carbocycles. The van der Waals surface area contributed by atoms with Crippen molar-refractivity contribution in [3.05, 3.63) is 64.2 Å². The molecule has 2 unspecified atom stereocenters. The number of aryl methyl sites for hydroxylation is 4. The Balaban J connectivity index is 2.70. The van der Waals surface area contributed by atoms with Gasteiger partial charge in [0.1, 0.15) is 17.7 Å². The number of hydrogen-bond acceptors (Lipinski definition) is 5. The molecule has 0 spiro atoms. The zero-order valence-corrected chi connectivity index (χ0v) is 26.0. The average molecular weight is 556 g/mol. The van der Waals surface area contributed by atoms with E-state index in [1.165, 1.54) is 0 Å². The minimum Gasteiger partial charge on any atom is -0.444 e. The number of anilines is 1. The Kier molecular flexibility index (Phi) is 10.7. The van der Waals surface area contributed by atoms with Crippen LogP contribution in [0.5, 0.6) is 0 Å². The van der Waals surface area contributed by atoms with E-state index in [9.17, 15) is 14.4 Å². The number of rotatable bonds is 9. The number of para-hydroxylation sites is 1. The number of thiol groups is 1. The van der Waals surface area contributed by atoms with E-state index in [1.54, 1.807) is 25.7 Å². The number of hydrogen-bond donors (Lipinski definition) is 3. The minimum atomic E-state index is -1.01. The zero-order valence-electron chi connectivity index (χ0n) is 25.1. The fourth-order valence-corrected chi connectivity index (χ4v) is 4.84. The first-order valence-corrected chi connectivity index (χ1v) is 14.0. The van der Waals surface area contributed by atoms with Crippen LogP contribution in [-0.4, -0.2) is 45.7 Å². The molecular weight excluding hydrogens is 510 g/mol. The summed E-state index contributed by atoms with van der Waals surface area (Å²) in [7, 11) is 0. The van der Waals surface area contributed by atoms with Crippen LogP contribution >= 0.6 is 12.6 Å². The Morgan fingerprint density at radius 2 is 1.38 bits per heavy atom. The molecule has 0 aliphatic carbocycles. The second kappa shape index (κ2) is 12.9. The molecule has 2 rings (SSSR count). The molecule has 0 radical (unpaired) electrons. The molecule has 39 heavy (non-hydrogen) atoms. The van der Waals surface area contributed by atoms with E-state index < -0.39 is 35.2 Å². The summed E-state index contributed by atoms with van der Waals surface area (Å²) in [5, 5.41) is 5.81. The molecule has 0 aliphatic heterocycles. The van der Waals surface area contributed by atoms with Crippen LogP contribution in [0.15, 0.2) is 36.4 Å². The van der Waals surface area contributed by atoms with E-state index in [0.29, 0.717) is 6.42 Å². The summed E-state index contributed by atoms with van der Waals surface area (Å²) in [5.41, 5.74) is 3.64. The molecule has 2 aromatic carbocycles. The molecule has 2 atom stereocenters. The largest absolute Gasteiger partial charge is 0.444 e. The van der Waals surface area contributed by atoms with Crippen molar-refractivity contribution in [3.63, 3.8) is 0 Å². The maximum atomic E-state index is 14.3. The predicted octanol–water partition coefficient (Wildman–Crippen LogP) is 6.44. The Labute approximate surface area is 239 Å². The Hall–Kier alpha value is -3.00. The molecule has 2 N–H and O–H groups in total. The lowest BCUT2D eigenvalue weighted by molar-refractivity contribution is -0.147. The average Bonchev–Trinajstić information content (AvgIpc) is 2.82. The van der Waals surface area contributed by atoms with Gasteiger partial charge in [-0.25, -0.2) is 4.79 Å². The molecule has 0 saturated heterocycles. The Morgan fingerprint density at radius 1 is 0.897 bits per heavy atom. The van der Waals surface area contributed by atoms with E-state index in [1.807, 2.05) is 84.9 Å². The fraction of sp³-hybridized carbons (Fsp3) is 0.516. The predicted molar refractivity (Wildman–Crippen MR) is 161 cm³/mol. The fourth-order valence-electron chi connectivity index (χ4n) is 4.59. The smallest absolute Gasteiger partial charge is 0.408 e. The molecule has 0 fully saturated rings. The van der Waals surface area contributed by atoms with Crippen molar-refractivity contribution >= 4 is 36.2 Å². The van der Waals surface area contributed by atoms with E-state index >= 15 is 0 Å². The molecule has 3 amide bonds. The van der Waals surface area contributed by atoms with Crippen molar-refractivity contribution in [2.45, 2.75) is 98.9 Å². The number of nitrogens with zero attached hydrogens (tertiary/aromatic N) is 1. The molecule has 214 valence electrons. The third-order valence-corrected chi connectivity index (χ3v) is 7.34. The quantitative estimate of drug-likeness (QED) is 0.311. The van der Waals surface area contributed by atoms with Gasteiger partial charge in [-0.1, -0.05) is 43.3 Å². The van der Waals surface area contributed by atoms with Crippen molar-refractivity contribution in [2.75, 3.05) is 11.1 Å². The number of carbonyl (C=O) groups excluding carboxylic acids is 3. The van der Waals surface area contributed by atoms with Crippen LogP contribution in [0.4, 0.5) is 10.5 Å². The third-order valence-electron chi connectivity index (χ3n) is 6.98. The highest BCUT2D eigenvalue weighted by Gasteiger charge is 2.44. The summed E-state index contributed by atoms with van der Waals surface area (Å²) in [6.45, 7) is 18.9. The molecule has 7 nitrogen and oxygen atoms in total. The third kappa shape index (κ3) is 8.01. The van der Waals surface area contributed by atoms with Crippen LogP contribution in [0.25, 0.3) is 0 Å². The van der Waals surface area contributed by atoms with Crippen molar-refractivity contribution in [1.82, 2.24) is 10.2 Å². The topological polar surface area (TPSA) is 87.7 Å². The van der Waals surface area contributed by atoms with Gasteiger partial charge in [0, 0.05) is 17.0 Å². The lowest BCUT2D eigenvalue weighted by atomic mass is 9.88. The van der Waals surface area contributed by atoms with Crippen molar-refractivity contribution in [1.29, 1.82) is 0 Å². The summed E-state index contributed by atoms with van der Waals surface area (Å²) in [6, 6.07) is 9.68. The Morgan fingerprint density at radius 3 is 1.82 bits per heavy atom. The molecule has 0 aromatic heterocycles. The van der Waals surface area contributed by atoms with Gasteiger partial charge in [-0.2, -0.15) is 12.6 Å². The standard InChI is InChI=1S/C31H45N3O4S/c1-11-31(9,10)34(28(36)23(18-39)32-29(37)38-30(6,7)8)26(24-19(2)14-12-15-20(24)3)27(35)33-25-21(4)16-13-17-22(25)5/h12-17,23,26,39H,11,18H2,1-10H3,(H,32,37)(H,33,35). The van der Waals surface area contributed by atoms with Crippen LogP contribution in [0, 0.1) is 27.7 Å². The van der Waals surface area contributed by atoms with Crippen LogP contribution in [0.3, 0.4) is 0 Å². The number of nitrogens with one attached hydrogen (secondary N) is 2. The number of amides is 3. The van der Waals surface area contributed by atoms with Crippen molar-refractivity contribution in [3.8, 4) is 0 Å². The van der Waals surface area contributed by atoms with Gasteiger partial charge >= 0.3 is 6.09 Å². The molecule has 0 heterocycles. The monoisotopic (exact) mass is 555 g/mol. The van der Waals surface area contributed by atoms with Gasteiger partial charge in [-0.3, -0.25) is 9.59 Å². The number of alkyl carbamates (subject to hydrolysis) is 1. The van der Waals surface area contributed by atoms with Crippen LogP contribution in [0.2, 0.25) is 0 Å². The second-order valence-electron chi connectivity index (χ2n) is 11.7. The SMILES string of the molecule is CCC(C)(C)N(C(=O)C(CS)NC(=O)OC(C)(C)C)C(C(=O)Nc1c(C)cccc1C)c1c(C)cccc1C. The highest BCUT2D eigenvalue weighted by atomic mass is 32.1. The minimum absolute atomic E-state index is 0.0341. The molecule has 2 aromatic rings. The lowest BCUT2D eigenvalue weighted by Crippen LogP contribution is -2.59. The molecule has 0 aliphatic rings. The van der Waals surface area contributed by atoms with Crippen molar-refractivity contribution in [2.24, 2.45) is 0 Å². The van der Waals surface area contributed by atoms with Crippen LogP contribution < -0.4 is 10.6 Å². The highest BCUT2D eigenvalue weighted by Crippen LogP contribution is 2.36. The van der Waals surface area contributed by atoms with Gasteiger partial charge in [0.2, 0.25) is 5.91 Å². The van der Waals surface area contributed by atoms with E-state index in [4.69, 9.17) is 4.74 Å². The normalized spacial score (nSPS) is 13.3. The van der Waals surface area contributed by atoms with Gasteiger partial charge in [0.15, 0.2) is 0 Å². The van der Waals surface area contributed by atoms with Gasteiger partial charge in [0.05, 0.1) is 0 Å². The Bertz CT molecular complexity index is 1160. The maximum Gasteiger partial charge on any atom is 0.408 e. The summed E-state index contributed by atoms with van der Waals surface area (Å²) in [4.78, 5) is 42.9.